The smallest absolute Gasteiger partial charge is 0.427 e. The molecule has 0 amide bonds. The van der Waals surface area contributed by atoms with Crippen LogP contribution in [0.2, 0.25) is 123 Å². The second-order valence-corrected chi connectivity index (χ2v) is 44.3. The zero-order chi connectivity index (χ0) is 37.8. The summed E-state index contributed by atoms with van der Waals surface area (Å²) in [6, 6.07) is 2.72. The largest absolute Gasteiger partial charge is 1.00 e. The summed E-state index contributed by atoms with van der Waals surface area (Å²) in [5.74, 6) is 0. The van der Waals surface area contributed by atoms with Crippen LogP contribution in [0.1, 0.15) is 26.7 Å². The number of rotatable bonds is 12. The summed E-state index contributed by atoms with van der Waals surface area (Å²) in [7, 11) is -5.72. The average molecular weight is 824 g/mol. The van der Waals surface area contributed by atoms with Crippen LogP contribution < -0.4 is 43.0 Å². The van der Waals surface area contributed by atoms with Gasteiger partial charge in [-0.3, -0.25) is 0 Å². The maximum atomic E-state index is 8.47. The van der Waals surface area contributed by atoms with Crippen molar-refractivity contribution in [2.45, 2.75) is 150 Å². The van der Waals surface area contributed by atoms with Crippen LogP contribution in [-0.2, 0) is 27.9 Å². The minimum absolute atomic E-state index is 0. The first-order valence-electron chi connectivity index (χ1n) is 18.1. The average Bonchev–Trinajstić information content (AvgIpc) is 2.82. The Balaban J connectivity index is -0.0000000768. The van der Waals surface area contributed by atoms with E-state index in [1.807, 2.05) is 12.2 Å². The molecule has 0 atom stereocenters. The molecule has 0 aromatic heterocycles. The molecule has 1 heterocycles. The van der Waals surface area contributed by atoms with Crippen molar-refractivity contribution in [1.29, 1.82) is 0 Å². The van der Waals surface area contributed by atoms with E-state index in [0.717, 1.165) is 32.6 Å². The number of nitrogens with one attached hydrogen (secondary N) is 1. The SMILES string of the molecule is C=CC[Si](C)(C)C.CCC=C[Si](C)(C)C.CCC[Si](C)(C)C.C[Si](C)(C)/C=C\CB(O)O.C[Si](C)(C)/C=C\CB1OCCNCCO1.[CH3-].[Li+].[Li+].[V]. The van der Waals surface area contributed by atoms with Gasteiger partial charge in [0.05, 0.1) is 24.2 Å². The predicted molar refractivity (Wildman–Crippen MR) is 241 cm³/mol. The van der Waals surface area contributed by atoms with E-state index in [1.54, 1.807) is 0 Å². The monoisotopic (exact) mass is 824 g/mol. The van der Waals surface area contributed by atoms with Gasteiger partial charge in [-0.05, 0) is 25.1 Å². The van der Waals surface area contributed by atoms with Crippen LogP contribution in [0.5, 0.6) is 0 Å². The zero-order valence-electron chi connectivity index (χ0n) is 38.1. The van der Waals surface area contributed by atoms with E-state index in [0.29, 0.717) is 6.32 Å². The summed E-state index contributed by atoms with van der Waals surface area (Å²) in [4.78, 5) is 0. The van der Waals surface area contributed by atoms with Crippen molar-refractivity contribution in [2.24, 2.45) is 0 Å². The molecule has 5 nitrogen and oxygen atoms in total. The van der Waals surface area contributed by atoms with Crippen LogP contribution in [0, 0.1) is 7.43 Å². The van der Waals surface area contributed by atoms with Crippen LogP contribution in [0.3, 0.4) is 0 Å². The van der Waals surface area contributed by atoms with Gasteiger partial charge in [-0.15, -0.1) is 6.58 Å². The Hall–Kier alpha value is 1.75. The standard InChI is InChI=1S/C10H22BNO2Si.C7H16Si.C6H15BO2Si.C6H16Si.C6H14Si.CH3.2Li.V/c1-15(2,3)10-4-5-11-13-8-6-12-7-9-14-11;1-5-6-7-8(2,3)4;1-10(2,3)6-4-5-7(8)9;2*1-5-6-7(2,3)4;;;;/h4,10,12H,5-9H2,1-3H3;6-7H,5H2,1-4H3;4,6,8-9H,5H2,1-3H3;5-6H2,1-4H3;5H,1,6H2,2-4H3;1H3;;;/q;;;;;-1;2*+1;/b10-4-;;6-4-;;;;;;. The molecule has 1 aliphatic rings. The third kappa shape index (κ3) is 85.3. The summed E-state index contributed by atoms with van der Waals surface area (Å²) < 4.78 is 11.2. The van der Waals surface area contributed by atoms with Crippen molar-refractivity contribution in [3.8, 4) is 0 Å². The topological polar surface area (TPSA) is 71.0 Å². The molecule has 0 saturated carbocycles. The fourth-order valence-corrected chi connectivity index (χ4v) is 8.56. The summed E-state index contributed by atoms with van der Waals surface area (Å²) in [5, 5.41) is 20.2. The van der Waals surface area contributed by atoms with Crippen LogP contribution in [-0.4, -0.2) is 91.0 Å². The minimum atomic E-state index is -1.19. The van der Waals surface area contributed by atoms with Crippen LogP contribution in [0.25, 0.3) is 0 Å². The molecule has 0 aromatic rings. The Morgan fingerprint density at radius 3 is 1.31 bits per heavy atom. The van der Waals surface area contributed by atoms with Crippen molar-refractivity contribution >= 4 is 54.6 Å². The van der Waals surface area contributed by atoms with Gasteiger partial charge in [0.25, 0.3) is 0 Å². The Bertz CT molecular complexity index is 821. The molecule has 291 valence electrons. The van der Waals surface area contributed by atoms with Crippen molar-refractivity contribution in [3.05, 3.63) is 55.4 Å². The number of hydrogen-bond acceptors (Lipinski definition) is 5. The van der Waals surface area contributed by atoms with Gasteiger partial charge in [0.15, 0.2) is 0 Å². The number of allylic oxidation sites excluding steroid dienone is 4. The predicted octanol–water partition coefficient (Wildman–Crippen LogP) is 4.97. The summed E-state index contributed by atoms with van der Waals surface area (Å²) in [6.45, 7) is 46.3. The first kappa shape index (κ1) is 70.5. The summed E-state index contributed by atoms with van der Waals surface area (Å²) in [5.41, 5.74) is 6.83. The second-order valence-electron chi connectivity index (χ2n) is 18.0. The van der Waals surface area contributed by atoms with Gasteiger partial charge in [0, 0.05) is 61.0 Å². The van der Waals surface area contributed by atoms with Crippen molar-refractivity contribution < 1.29 is 75.6 Å². The molecular weight excluding hydrogens is 737 g/mol. The van der Waals surface area contributed by atoms with E-state index in [2.05, 4.69) is 153 Å². The summed E-state index contributed by atoms with van der Waals surface area (Å²) >= 11 is 0. The molecule has 0 aliphatic carbocycles. The van der Waals surface area contributed by atoms with Crippen molar-refractivity contribution in [3.63, 3.8) is 0 Å². The first-order chi connectivity index (χ1) is 21.2. The second kappa shape index (κ2) is 40.0. The molecule has 0 spiro atoms. The molecule has 1 aliphatic heterocycles. The molecule has 0 bridgehead atoms. The molecule has 15 heteroatoms. The van der Waals surface area contributed by atoms with E-state index in [4.69, 9.17) is 19.4 Å². The first-order valence-corrected chi connectivity index (χ1v) is 36.3. The third-order valence-corrected chi connectivity index (χ3v) is 12.9. The molecule has 0 aromatic carbocycles. The van der Waals surface area contributed by atoms with Crippen LogP contribution >= 0.6 is 0 Å². The maximum absolute atomic E-state index is 8.47. The Labute approximate surface area is 363 Å². The van der Waals surface area contributed by atoms with Crippen molar-refractivity contribution in [1.82, 2.24) is 5.32 Å². The molecule has 1 fully saturated rings. The van der Waals surface area contributed by atoms with E-state index in [9.17, 15) is 0 Å². The normalized spacial score (nSPS) is 13.7. The Morgan fingerprint density at radius 2 is 1.08 bits per heavy atom. The molecule has 1 rings (SSSR count). The summed E-state index contributed by atoms with van der Waals surface area (Å²) in [6.07, 6.45) is 12.1. The Kier molecular flexibility index (Phi) is 55.3. The van der Waals surface area contributed by atoms with Gasteiger partial charge in [0.2, 0.25) is 0 Å². The number of hydrogen-bond donors (Lipinski definition) is 3. The molecule has 51 heavy (non-hydrogen) atoms. The van der Waals surface area contributed by atoms with Gasteiger partial charge in [-0.2, -0.15) is 0 Å². The molecule has 1 saturated heterocycles. The minimum Gasteiger partial charge on any atom is -0.427 e. The van der Waals surface area contributed by atoms with Gasteiger partial charge in [0.1, 0.15) is 0 Å². The molecular formula is C36H86B2Li2NO4Si5V+. The third-order valence-electron chi connectivity index (χ3n) is 5.69. The fourth-order valence-electron chi connectivity index (χ4n) is 3.56. The molecule has 1 radical (unpaired) electrons. The van der Waals surface area contributed by atoms with E-state index in [1.165, 1.54) is 24.9 Å². The zero-order valence-corrected chi connectivity index (χ0v) is 44.5. The van der Waals surface area contributed by atoms with Gasteiger partial charge < -0.3 is 32.1 Å². The van der Waals surface area contributed by atoms with Crippen molar-refractivity contribution in [2.75, 3.05) is 26.3 Å². The van der Waals surface area contributed by atoms with E-state index in [-0.39, 0.29) is 70.8 Å². The van der Waals surface area contributed by atoms with Gasteiger partial charge >= 0.3 is 52.0 Å². The van der Waals surface area contributed by atoms with Crippen LogP contribution in [0.15, 0.2) is 48.0 Å². The molecule has 3 N–H and O–H groups in total. The fraction of sp³-hybridized carbons (Fsp3) is 0.750. The Morgan fingerprint density at radius 1 is 0.686 bits per heavy atom. The maximum Gasteiger partial charge on any atom is 1.00 e. The van der Waals surface area contributed by atoms with Gasteiger partial charge in [-0.25, -0.2) is 0 Å². The van der Waals surface area contributed by atoms with E-state index >= 15 is 0 Å². The molecule has 0 unspecified atom stereocenters. The van der Waals surface area contributed by atoms with E-state index < -0.39 is 47.5 Å². The quantitative estimate of drug-likeness (QED) is 0.148. The van der Waals surface area contributed by atoms with Gasteiger partial charge in [-0.1, -0.05) is 166 Å². The van der Waals surface area contributed by atoms with Crippen LogP contribution in [0.4, 0.5) is 0 Å².